The topological polar surface area (TPSA) is 15.3 Å². The zero-order chi connectivity index (χ0) is 13.9. The Bertz CT molecular complexity index is 213. The minimum absolute atomic E-state index is 0.318. The van der Waals surface area contributed by atoms with Crippen molar-refractivity contribution in [3.05, 3.63) is 0 Å². The maximum atomic E-state index is 3.54. The van der Waals surface area contributed by atoms with Gasteiger partial charge in [0, 0.05) is 25.2 Å². The van der Waals surface area contributed by atoms with Crippen LogP contribution in [0, 0.1) is 10.8 Å². The zero-order valence-electron chi connectivity index (χ0n) is 13.5. The van der Waals surface area contributed by atoms with E-state index in [-0.39, 0.29) is 0 Å². The molecule has 2 nitrogen and oxygen atoms in total. The van der Waals surface area contributed by atoms with Crippen molar-refractivity contribution < 1.29 is 0 Å². The first-order valence-corrected chi connectivity index (χ1v) is 6.89. The summed E-state index contributed by atoms with van der Waals surface area (Å²) in [5.41, 5.74) is 0.662. The van der Waals surface area contributed by atoms with Crippen molar-refractivity contribution in [2.75, 3.05) is 20.1 Å². The Labute approximate surface area is 109 Å². The van der Waals surface area contributed by atoms with Gasteiger partial charge in [-0.15, -0.1) is 0 Å². The normalized spacial score (nSPS) is 15.7. The first-order chi connectivity index (χ1) is 7.46. The lowest BCUT2D eigenvalue weighted by atomic mass is 9.85. The van der Waals surface area contributed by atoms with E-state index in [4.69, 9.17) is 0 Å². The van der Waals surface area contributed by atoms with Crippen molar-refractivity contribution in [1.29, 1.82) is 0 Å². The van der Waals surface area contributed by atoms with E-state index in [1.165, 1.54) is 0 Å². The van der Waals surface area contributed by atoms with Gasteiger partial charge in [-0.25, -0.2) is 0 Å². The zero-order valence-corrected chi connectivity index (χ0v) is 13.5. The van der Waals surface area contributed by atoms with Gasteiger partial charge in [0.15, 0.2) is 0 Å². The third-order valence-electron chi connectivity index (χ3n) is 3.58. The van der Waals surface area contributed by atoms with E-state index in [2.05, 4.69) is 72.7 Å². The molecule has 0 heterocycles. The average Bonchev–Trinajstić information content (AvgIpc) is 2.11. The van der Waals surface area contributed by atoms with E-state index in [0.717, 1.165) is 13.1 Å². The molecule has 0 rings (SSSR count). The van der Waals surface area contributed by atoms with Gasteiger partial charge in [-0.3, -0.25) is 0 Å². The number of hydrogen-bond acceptors (Lipinski definition) is 2. The highest BCUT2D eigenvalue weighted by molar-refractivity contribution is 4.82. The molecule has 0 aliphatic carbocycles. The number of nitrogens with one attached hydrogen (secondary N) is 1. The lowest BCUT2D eigenvalue weighted by Gasteiger charge is -2.40. The molecule has 1 unspecified atom stereocenters. The molecule has 0 spiro atoms. The molecule has 0 radical (unpaired) electrons. The Morgan fingerprint density at radius 2 is 1.47 bits per heavy atom. The number of hydrogen-bond donors (Lipinski definition) is 1. The Morgan fingerprint density at radius 1 is 1.00 bits per heavy atom. The molecule has 1 N–H and O–H groups in total. The second kappa shape index (κ2) is 6.19. The minimum atomic E-state index is 0.318. The van der Waals surface area contributed by atoms with Gasteiger partial charge in [0.25, 0.3) is 0 Å². The lowest BCUT2D eigenvalue weighted by molar-refractivity contribution is 0.0967. The molecule has 104 valence electrons. The molecule has 0 aliphatic heterocycles. The quantitative estimate of drug-likeness (QED) is 0.768. The third-order valence-corrected chi connectivity index (χ3v) is 3.58. The second-order valence-electron chi connectivity index (χ2n) is 7.66. The van der Waals surface area contributed by atoms with Gasteiger partial charge in [-0.2, -0.15) is 0 Å². The van der Waals surface area contributed by atoms with Crippen LogP contribution in [0.2, 0.25) is 0 Å². The van der Waals surface area contributed by atoms with Crippen LogP contribution in [0.25, 0.3) is 0 Å². The highest BCUT2D eigenvalue weighted by Crippen LogP contribution is 2.26. The molecule has 2 heteroatoms. The van der Waals surface area contributed by atoms with Crippen LogP contribution in [0.3, 0.4) is 0 Å². The van der Waals surface area contributed by atoms with E-state index >= 15 is 0 Å². The summed E-state index contributed by atoms with van der Waals surface area (Å²) in [4.78, 5) is 2.49. The van der Waals surface area contributed by atoms with Crippen LogP contribution in [0.1, 0.15) is 55.4 Å². The highest BCUT2D eigenvalue weighted by Gasteiger charge is 2.28. The van der Waals surface area contributed by atoms with Gasteiger partial charge in [0.2, 0.25) is 0 Å². The Hall–Kier alpha value is -0.0800. The summed E-state index contributed by atoms with van der Waals surface area (Å²) in [5, 5.41) is 3.54. The highest BCUT2D eigenvalue weighted by atomic mass is 15.1. The van der Waals surface area contributed by atoms with Gasteiger partial charge < -0.3 is 10.2 Å². The van der Waals surface area contributed by atoms with Crippen molar-refractivity contribution >= 4 is 0 Å². The van der Waals surface area contributed by atoms with Crippen molar-refractivity contribution in [3.63, 3.8) is 0 Å². The van der Waals surface area contributed by atoms with Gasteiger partial charge in [-0.1, -0.05) is 48.5 Å². The lowest BCUT2D eigenvalue weighted by Crippen LogP contribution is -2.47. The molecule has 0 aromatic carbocycles. The van der Waals surface area contributed by atoms with E-state index in [0.29, 0.717) is 22.9 Å². The van der Waals surface area contributed by atoms with Crippen LogP contribution < -0.4 is 5.32 Å². The largest absolute Gasteiger partial charge is 0.314 e. The summed E-state index contributed by atoms with van der Waals surface area (Å²) in [6.45, 7) is 20.6. The predicted molar refractivity (Wildman–Crippen MR) is 78.5 cm³/mol. The van der Waals surface area contributed by atoms with E-state index in [9.17, 15) is 0 Å². The third kappa shape index (κ3) is 7.05. The number of nitrogens with zero attached hydrogens (tertiary/aromatic N) is 1. The monoisotopic (exact) mass is 242 g/mol. The molecule has 0 bridgehead atoms. The van der Waals surface area contributed by atoms with Gasteiger partial charge in [0.05, 0.1) is 0 Å². The average molecular weight is 242 g/mol. The van der Waals surface area contributed by atoms with Crippen molar-refractivity contribution in [1.82, 2.24) is 10.2 Å². The van der Waals surface area contributed by atoms with E-state index in [1.54, 1.807) is 0 Å². The molecular weight excluding hydrogens is 208 g/mol. The minimum Gasteiger partial charge on any atom is -0.314 e. The van der Waals surface area contributed by atoms with Crippen LogP contribution >= 0.6 is 0 Å². The van der Waals surface area contributed by atoms with Gasteiger partial charge >= 0.3 is 0 Å². The summed E-state index contributed by atoms with van der Waals surface area (Å²) in [7, 11) is 2.24. The van der Waals surface area contributed by atoms with Crippen LogP contribution in [0.15, 0.2) is 0 Å². The summed E-state index contributed by atoms with van der Waals surface area (Å²) in [6.07, 6.45) is 0. The Balaban J connectivity index is 4.31. The maximum absolute atomic E-state index is 3.54. The molecule has 0 saturated carbocycles. The molecule has 1 atom stereocenters. The molecule has 0 fully saturated rings. The summed E-state index contributed by atoms with van der Waals surface area (Å²) in [6, 6.07) is 1.17. The van der Waals surface area contributed by atoms with Crippen molar-refractivity contribution in [2.24, 2.45) is 10.8 Å². The second-order valence-corrected chi connectivity index (χ2v) is 7.66. The molecular formula is C15H34N2. The molecule has 17 heavy (non-hydrogen) atoms. The first-order valence-electron chi connectivity index (χ1n) is 6.89. The molecule has 0 aromatic rings. The van der Waals surface area contributed by atoms with Crippen molar-refractivity contribution in [2.45, 2.75) is 67.5 Å². The summed E-state index contributed by atoms with van der Waals surface area (Å²) in [5.74, 6) is 0. The predicted octanol–water partition coefficient (Wildman–Crippen LogP) is 3.38. The number of rotatable bonds is 6. The molecule has 0 amide bonds. The maximum Gasteiger partial charge on any atom is 0.0113 e. The molecule has 0 saturated heterocycles. The van der Waals surface area contributed by atoms with Crippen LogP contribution in [-0.2, 0) is 0 Å². The summed E-state index contributed by atoms with van der Waals surface area (Å²) >= 11 is 0. The fraction of sp³-hybridized carbons (Fsp3) is 1.00. The van der Waals surface area contributed by atoms with Gasteiger partial charge in [0.1, 0.15) is 0 Å². The van der Waals surface area contributed by atoms with Crippen LogP contribution in [0.4, 0.5) is 0 Å². The van der Waals surface area contributed by atoms with E-state index in [1.807, 2.05) is 0 Å². The standard InChI is InChI=1S/C15H34N2/c1-12(2)16-10-15(7,8)11-17(9)13(3)14(4,5)6/h12-13,16H,10-11H2,1-9H3. The Morgan fingerprint density at radius 3 is 1.82 bits per heavy atom. The SMILES string of the molecule is CC(C)NCC(C)(C)CN(C)C(C)C(C)(C)C. The van der Waals surface area contributed by atoms with E-state index < -0.39 is 0 Å². The molecule has 0 aliphatic rings. The Kier molecular flexibility index (Phi) is 6.16. The summed E-state index contributed by atoms with van der Waals surface area (Å²) < 4.78 is 0. The van der Waals surface area contributed by atoms with Crippen molar-refractivity contribution in [3.8, 4) is 0 Å². The van der Waals surface area contributed by atoms with Crippen LogP contribution in [0.5, 0.6) is 0 Å². The molecule has 0 aromatic heterocycles. The smallest absolute Gasteiger partial charge is 0.0113 e. The van der Waals surface area contributed by atoms with Crippen LogP contribution in [-0.4, -0.2) is 37.1 Å². The fourth-order valence-corrected chi connectivity index (χ4v) is 2.01. The fourth-order valence-electron chi connectivity index (χ4n) is 2.01. The van der Waals surface area contributed by atoms with Gasteiger partial charge in [-0.05, 0) is 24.8 Å². The first kappa shape index (κ1) is 16.9.